The topological polar surface area (TPSA) is 0 Å². The Morgan fingerprint density at radius 3 is 1.50 bits per heavy atom. The third-order valence-corrected chi connectivity index (χ3v) is 1.85. The van der Waals surface area contributed by atoms with Gasteiger partial charge in [0.05, 0.1) is 0 Å². The molecular formula is C10H8. The highest BCUT2D eigenvalue weighted by molar-refractivity contribution is 5.85. The summed E-state index contributed by atoms with van der Waals surface area (Å²) in [6.45, 7) is 7.72. The molecule has 0 spiro atoms. The second kappa shape index (κ2) is 1.60. The Bertz CT molecular complexity index is 358. The molecule has 1 aliphatic rings. The van der Waals surface area contributed by atoms with Crippen molar-refractivity contribution >= 4 is 25.3 Å². The lowest BCUT2D eigenvalue weighted by Gasteiger charge is -2.08. The van der Waals surface area contributed by atoms with Crippen LogP contribution in [-0.2, 0) is 0 Å². The van der Waals surface area contributed by atoms with Gasteiger partial charge < -0.3 is 0 Å². The fraction of sp³-hybridized carbons (Fsp3) is 0. The minimum atomic E-state index is 1.03. The lowest BCUT2D eigenvalue weighted by atomic mass is 9.96. The zero-order valence-corrected chi connectivity index (χ0v) is 5.72. The summed E-state index contributed by atoms with van der Waals surface area (Å²) in [5, 5.41) is 2.06. The summed E-state index contributed by atoms with van der Waals surface area (Å²) < 4.78 is 0. The first-order chi connectivity index (χ1) is 4.77. The SMILES string of the molecule is C=c1cc2c(cc1=C)C=C2. The molecule has 0 bridgehead atoms. The lowest BCUT2D eigenvalue weighted by Crippen LogP contribution is -2.23. The van der Waals surface area contributed by atoms with Crippen LogP contribution >= 0.6 is 0 Å². The highest BCUT2D eigenvalue weighted by atomic mass is 14.1. The second-order valence-corrected chi connectivity index (χ2v) is 2.58. The Morgan fingerprint density at radius 1 is 0.800 bits per heavy atom. The summed E-state index contributed by atoms with van der Waals surface area (Å²) in [6.07, 6.45) is 4.17. The molecule has 2 rings (SSSR count). The molecule has 0 atom stereocenters. The van der Waals surface area contributed by atoms with Crippen molar-refractivity contribution in [3.05, 3.63) is 33.7 Å². The molecule has 1 aromatic carbocycles. The van der Waals surface area contributed by atoms with Crippen LogP contribution in [0.3, 0.4) is 0 Å². The van der Waals surface area contributed by atoms with Gasteiger partial charge in [-0.2, -0.15) is 0 Å². The van der Waals surface area contributed by atoms with Crippen LogP contribution in [-0.4, -0.2) is 0 Å². The third kappa shape index (κ3) is 0.561. The van der Waals surface area contributed by atoms with Crippen LogP contribution in [0.4, 0.5) is 0 Å². The molecule has 1 aromatic rings. The van der Waals surface area contributed by atoms with E-state index in [4.69, 9.17) is 0 Å². The fourth-order valence-electron chi connectivity index (χ4n) is 1.10. The van der Waals surface area contributed by atoms with E-state index in [0.717, 1.165) is 10.4 Å². The van der Waals surface area contributed by atoms with Crippen molar-refractivity contribution in [2.24, 2.45) is 0 Å². The first kappa shape index (κ1) is 5.48. The first-order valence-electron chi connectivity index (χ1n) is 3.27. The van der Waals surface area contributed by atoms with Crippen molar-refractivity contribution in [1.29, 1.82) is 0 Å². The Morgan fingerprint density at radius 2 is 1.20 bits per heavy atom. The van der Waals surface area contributed by atoms with Gasteiger partial charge in [-0.25, -0.2) is 0 Å². The summed E-state index contributed by atoms with van der Waals surface area (Å²) in [5.41, 5.74) is 2.58. The van der Waals surface area contributed by atoms with E-state index in [1.165, 1.54) is 11.1 Å². The number of hydrogen-bond acceptors (Lipinski definition) is 0. The largest absolute Gasteiger partial charge is 0.0912 e. The highest BCUT2D eigenvalue weighted by Gasteiger charge is 2.02. The Balaban J connectivity index is 2.90. The van der Waals surface area contributed by atoms with Crippen LogP contribution in [0.15, 0.2) is 12.1 Å². The molecule has 1 aliphatic carbocycles. The number of rotatable bonds is 0. The fourth-order valence-corrected chi connectivity index (χ4v) is 1.10. The van der Waals surface area contributed by atoms with E-state index < -0.39 is 0 Å². The smallest absolute Gasteiger partial charge is 0.0178 e. The molecule has 0 unspecified atom stereocenters. The molecule has 0 N–H and O–H groups in total. The van der Waals surface area contributed by atoms with Crippen LogP contribution in [0.5, 0.6) is 0 Å². The molecular weight excluding hydrogens is 120 g/mol. The van der Waals surface area contributed by atoms with E-state index in [1.54, 1.807) is 0 Å². The van der Waals surface area contributed by atoms with Gasteiger partial charge in [-0.1, -0.05) is 25.3 Å². The Labute approximate surface area is 59.8 Å². The third-order valence-electron chi connectivity index (χ3n) is 1.85. The maximum Gasteiger partial charge on any atom is -0.0178 e. The number of benzene rings is 1. The summed E-state index contributed by atoms with van der Waals surface area (Å²) >= 11 is 0. The molecule has 10 heavy (non-hydrogen) atoms. The van der Waals surface area contributed by atoms with Crippen molar-refractivity contribution in [2.45, 2.75) is 0 Å². The lowest BCUT2D eigenvalue weighted by molar-refractivity contribution is 1.47. The quantitative estimate of drug-likeness (QED) is 0.496. The van der Waals surface area contributed by atoms with Crippen molar-refractivity contribution in [1.82, 2.24) is 0 Å². The maximum absolute atomic E-state index is 3.86. The zero-order chi connectivity index (χ0) is 7.14. The van der Waals surface area contributed by atoms with E-state index in [0.29, 0.717) is 0 Å². The van der Waals surface area contributed by atoms with Crippen LogP contribution in [0.2, 0.25) is 0 Å². The maximum atomic E-state index is 3.86. The normalized spacial score (nSPS) is 12.4. The molecule has 0 saturated heterocycles. The van der Waals surface area contributed by atoms with Gasteiger partial charge in [0.2, 0.25) is 0 Å². The van der Waals surface area contributed by atoms with Crippen molar-refractivity contribution in [2.75, 3.05) is 0 Å². The molecule has 0 radical (unpaired) electrons. The molecule has 0 nitrogen and oxygen atoms in total. The van der Waals surface area contributed by atoms with Crippen LogP contribution in [0.25, 0.3) is 25.3 Å². The van der Waals surface area contributed by atoms with Gasteiger partial charge in [0, 0.05) is 0 Å². The Kier molecular flexibility index (Phi) is 0.877. The van der Waals surface area contributed by atoms with E-state index >= 15 is 0 Å². The minimum absolute atomic E-state index is 1.03. The number of hydrogen-bond donors (Lipinski definition) is 0. The van der Waals surface area contributed by atoms with Gasteiger partial charge in [-0.3, -0.25) is 0 Å². The molecule has 0 fully saturated rings. The highest BCUT2D eigenvalue weighted by Crippen LogP contribution is 2.18. The van der Waals surface area contributed by atoms with Gasteiger partial charge in [0.15, 0.2) is 0 Å². The van der Waals surface area contributed by atoms with Crippen LogP contribution in [0.1, 0.15) is 11.1 Å². The molecule has 0 amide bonds. The van der Waals surface area contributed by atoms with Crippen LogP contribution < -0.4 is 10.4 Å². The zero-order valence-electron chi connectivity index (χ0n) is 5.72. The van der Waals surface area contributed by atoms with Crippen molar-refractivity contribution < 1.29 is 0 Å². The summed E-state index contributed by atoms with van der Waals surface area (Å²) in [7, 11) is 0. The summed E-state index contributed by atoms with van der Waals surface area (Å²) in [5.74, 6) is 0. The molecule has 0 aromatic heterocycles. The van der Waals surface area contributed by atoms with Gasteiger partial charge >= 0.3 is 0 Å². The molecule has 0 aliphatic heterocycles. The first-order valence-corrected chi connectivity index (χ1v) is 3.27. The van der Waals surface area contributed by atoms with Crippen molar-refractivity contribution in [3.8, 4) is 0 Å². The monoisotopic (exact) mass is 128 g/mol. The Hall–Kier alpha value is -1.30. The predicted octanol–water partition coefficient (Wildman–Crippen LogP) is 0.991. The van der Waals surface area contributed by atoms with E-state index in [9.17, 15) is 0 Å². The van der Waals surface area contributed by atoms with E-state index in [-0.39, 0.29) is 0 Å². The van der Waals surface area contributed by atoms with Gasteiger partial charge in [0.1, 0.15) is 0 Å². The predicted molar refractivity (Wildman–Crippen MR) is 45.7 cm³/mol. The van der Waals surface area contributed by atoms with Gasteiger partial charge in [0.25, 0.3) is 0 Å². The average Bonchev–Trinajstić information content (AvgIpc) is 1.89. The molecule has 0 saturated carbocycles. The van der Waals surface area contributed by atoms with E-state index in [1.807, 2.05) is 0 Å². The summed E-state index contributed by atoms with van der Waals surface area (Å²) in [6, 6.07) is 4.13. The second-order valence-electron chi connectivity index (χ2n) is 2.58. The number of fused-ring (bicyclic) bond motifs is 1. The molecule has 0 heterocycles. The average molecular weight is 128 g/mol. The van der Waals surface area contributed by atoms with Crippen molar-refractivity contribution in [3.63, 3.8) is 0 Å². The minimum Gasteiger partial charge on any atom is -0.0912 e. The molecule has 48 valence electrons. The molecule has 0 heteroatoms. The van der Waals surface area contributed by atoms with Crippen LogP contribution in [0, 0.1) is 0 Å². The standard InChI is InChI=1S/C10H8/c1-7-5-9-3-4-10(9)6-8(7)2/h3-6H,1-2H2. The van der Waals surface area contributed by atoms with E-state index in [2.05, 4.69) is 37.4 Å². The van der Waals surface area contributed by atoms with Gasteiger partial charge in [-0.05, 0) is 33.7 Å². The summed E-state index contributed by atoms with van der Waals surface area (Å²) in [4.78, 5) is 0. The van der Waals surface area contributed by atoms with Gasteiger partial charge in [-0.15, -0.1) is 0 Å².